The molecule has 0 bridgehead atoms. The van der Waals surface area contributed by atoms with Gasteiger partial charge < -0.3 is 9.16 Å². The van der Waals surface area contributed by atoms with Gasteiger partial charge in [0.15, 0.2) is 6.29 Å². The van der Waals surface area contributed by atoms with Gasteiger partial charge in [-0.15, -0.1) is 0 Å². The van der Waals surface area contributed by atoms with Crippen molar-refractivity contribution in [2.24, 2.45) is 5.41 Å². The van der Waals surface area contributed by atoms with E-state index in [1.54, 1.807) is 6.07 Å². The maximum absolute atomic E-state index is 11.1. The van der Waals surface area contributed by atoms with Gasteiger partial charge in [-0.1, -0.05) is 20.8 Å². The van der Waals surface area contributed by atoms with E-state index in [4.69, 9.17) is 9.16 Å². The Bertz CT molecular complexity index is 441. The topological polar surface area (TPSA) is 48.4 Å². The fourth-order valence-electron chi connectivity index (χ4n) is 1.80. The third-order valence-electron chi connectivity index (χ3n) is 2.65. The summed E-state index contributed by atoms with van der Waals surface area (Å²) in [5, 5.41) is 0. The Kier molecular flexibility index (Phi) is 5.26. The van der Waals surface area contributed by atoms with E-state index in [1.807, 2.05) is 6.07 Å². The molecule has 1 aromatic heterocycles. The first-order valence-corrected chi connectivity index (χ1v) is 8.67. The highest BCUT2D eigenvalue weighted by Gasteiger charge is 2.29. The van der Waals surface area contributed by atoms with E-state index in [-0.39, 0.29) is 11.5 Å². The van der Waals surface area contributed by atoms with E-state index >= 15 is 0 Å². The number of carbonyl (C=O) groups excluding carboxylic acids is 1. The van der Waals surface area contributed by atoms with Crippen LogP contribution in [0.15, 0.2) is 12.1 Å². The van der Waals surface area contributed by atoms with E-state index in [2.05, 4.69) is 38.8 Å². The van der Waals surface area contributed by atoms with Crippen molar-refractivity contribution >= 4 is 15.3 Å². The maximum Gasteiger partial charge on any atom is 0.205 e. The van der Waals surface area contributed by atoms with Crippen molar-refractivity contribution in [3.05, 3.63) is 23.5 Å². The number of hydrogen-bond donors (Lipinski definition) is 0. The van der Waals surface area contributed by atoms with Crippen LogP contribution in [0.25, 0.3) is 0 Å². The highest BCUT2D eigenvalue weighted by atomic mass is 28.3. The predicted octanol–water partition coefficient (Wildman–Crippen LogP) is 3.26. The standard InChI is InChI=1S/C14H22NO3Si/c1-14(2,3)13(18-19(5)6)10-7-8-12(17-4)11(9-16)15-10/h7-9,13H,1-6H3. The summed E-state index contributed by atoms with van der Waals surface area (Å²) < 4.78 is 11.2. The molecule has 1 aromatic rings. The Morgan fingerprint density at radius 2 is 1.95 bits per heavy atom. The summed E-state index contributed by atoms with van der Waals surface area (Å²) in [6, 6.07) is 3.64. The second-order valence-electron chi connectivity index (χ2n) is 5.71. The molecule has 1 radical (unpaired) electrons. The lowest BCUT2D eigenvalue weighted by molar-refractivity contribution is 0.0823. The minimum Gasteiger partial charge on any atom is -0.494 e. The Hall–Kier alpha value is -1.20. The molecule has 1 atom stereocenters. The lowest BCUT2D eigenvalue weighted by Gasteiger charge is -2.32. The Labute approximate surface area is 116 Å². The second-order valence-corrected chi connectivity index (χ2v) is 7.77. The molecule has 0 aliphatic heterocycles. The summed E-state index contributed by atoms with van der Waals surface area (Å²) >= 11 is 0. The molecule has 0 spiro atoms. The summed E-state index contributed by atoms with van der Waals surface area (Å²) in [4.78, 5) is 15.4. The van der Waals surface area contributed by atoms with Crippen LogP contribution in [-0.2, 0) is 4.43 Å². The van der Waals surface area contributed by atoms with Crippen LogP contribution in [-0.4, -0.2) is 27.4 Å². The van der Waals surface area contributed by atoms with Crippen molar-refractivity contribution in [1.29, 1.82) is 0 Å². The predicted molar refractivity (Wildman–Crippen MR) is 76.9 cm³/mol. The van der Waals surface area contributed by atoms with E-state index in [0.717, 1.165) is 5.69 Å². The minimum atomic E-state index is -0.857. The van der Waals surface area contributed by atoms with Gasteiger partial charge in [0.25, 0.3) is 0 Å². The maximum atomic E-state index is 11.1. The van der Waals surface area contributed by atoms with Gasteiger partial charge in [0.05, 0.1) is 18.9 Å². The third kappa shape index (κ3) is 4.14. The molecule has 105 valence electrons. The van der Waals surface area contributed by atoms with E-state index in [0.29, 0.717) is 17.7 Å². The molecule has 4 nitrogen and oxygen atoms in total. The quantitative estimate of drug-likeness (QED) is 0.613. The van der Waals surface area contributed by atoms with Crippen molar-refractivity contribution in [3.8, 4) is 5.75 Å². The van der Waals surface area contributed by atoms with Crippen LogP contribution < -0.4 is 4.74 Å². The molecule has 0 aromatic carbocycles. The van der Waals surface area contributed by atoms with Crippen molar-refractivity contribution in [3.63, 3.8) is 0 Å². The highest BCUT2D eigenvalue weighted by Crippen LogP contribution is 2.36. The zero-order chi connectivity index (χ0) is 14.6. The first-order chi connectivity index (χ1) is 8.79. The summed E-state index contributed by atoms with van der Waals surface area (Å²) in [5.74, 6) is 0.491. The molecule has 1 rings (SSSR count). The normalized spacial score (nSPS) is 13.4. The number of nitrogens with zero attached hydrogens (tertiary/aromatic N) is 1. The van der Waals surface area contributed by atoms with Crippen molar-refractivity contribution in [1.82, 2.24) is 4.98 Å². The van der Waals surface area contributed by atoms with Crippen LogP contribution in [0.5, 0.6) is 5.75 Å². The number of carbonyl (C=O) groups is 1. The van der Waals surface area contributed by atoms with Crippen LogP contribution in [0.1, 0.15) is 43.1 Å². The van der Waals surface area contributed by atoms with Crippen molar-refractivity contribution in [2.75, 3.05) is 7.11 Å². The monoisotopic (exact) mass is 280 g/mol. The summed E-state index contributed by atoms with van der Waals surface area (Å²) in [7, 11) is 0.671. The first-order valence-electron chi connectivity index (χ1n) is 6.26. The zero-order valence-corrected chi connectivity index (χ0v) is 13.5. The molecule has 0 fully saturated rings. The van der Waals surface area contributed by atoms with Gasteiger partial charge in [0, 0.05) is 0 Å². The largest absolute Gasteiger partial charge is 0.494 e. The van der Waals surface area contributed by atoms with Crippen LogP contribution in [0.2, 0.25) is 13.1 Å². The lowest BCUT2D eigenvalue weighted by Crippen LogP contribution is -2.27. The molecule has 0 saturated carbocycles. The Morgan fingerprint density at radius 1 is 1.32 bits per heavy atom. The lowest BCUT2D eigenvalue weighted by atomic mass is 9.87. The minimum absolute atomic E-state index is 0.0797. The molecule has 5 heteroatoms. The summed E-state index contributed by atoms with van der Waals surface area (Å²) in [5.41, 5.74) is 1.02. The van der Waals surface area contributed by atoms with Gasteiger partial charge in [0.2, 0.25) is 9.04 Å². The Morgan fingerprint density at radius 3 is 2.37 bits per heavy atom. The molecule has 1 unspecified atom stereocenters. The molecular weight excluding hydrogens is 258 g/mol. The average molecular weight is 280 g/mol. The van der Waals surface area contributed by atoms with Gasteiger partial charge in [-0.3, -0.25) is 4.79 Å². The zero-order valence-electron chi connectivity index (χ0n) is 12.5. The van der Waals surface area contributed by atoms with E-state index in [9.17, 15) is 4.79 Å². The molecule has 1 heterocycles. The number of methoxy groups -OCH3 is 1. The van der Waals surface area contributed by atoms with Crippen LogP contribution in [0.3, 0.4) is 0 Å². The van der Waals surface area contributed by atoms with Crippen molar-refractivity contribution < 1.29 is 14.0 Å². The fraction of sp³-hybridized carbons (Fsp3) is 0.571. The number of hydrogen-bond acceptors (Lipinski definition) is 4. The molecule has 0 aliphatic rings. The van der Waals surface area contributed by atoms with Gasteiger partial charge in [-0.2, -0.15) is 0 Å². The summed E-state index contributed by atoms with van der Waals surface area (Å²) in [6.45, 7) is 10.5. The Balaban J connectivity index is 3.19. The first kappa shape index (κ1) is 15.9. The fourth-order valence-corrected chi connectivity index (χ4v) is 2.74. The molecule has 0 amide bonds. The second kappa shape index (κ2) is 6.30. The average Bonchev–Trinajstić information content (AvgIpc) is 2.33. The van der Waals surface area contributed by atoms with E-state index < -0.39 is 9.04 Å². The smallest absolute Gasteiger partial charge is 0.205 e. The van der Waals surface area contributed by atoms with E-state index in [1.165, 1.54) is 7.11 Å². The molecular formula is C14H22NO3Si. The van der Waals surface area contributed by atoms with Crippen LogP contribution in [0, 0.1) is 5.41 Å². The SMILES string of the molecule is COc1ccc(C(O[Si](C)C)C(C)(C)C)nc1C=O. The van der Waals surface area contributed by atoms with Gasteiger partial charge in [-0.05, 0) is 30.6 Å². The summed E-state index contributed by atoms with van der Waals surface area (Å²) in [6.07, 6.45) is 0.590. The molecule has 0 saturated heterocycles. The van der Waals surface area contributed by atoms with Gasteiger partial charge in [-0.25, -0.2) is 4.98 Å². The van der Waals surface area contributed by atoms with Gasteiger partial charge >= 0.3 is 0 Å². The van der Waals surface area contributed by atoms with Gasteiger partial charge in [0.1, 0.15) is 11.4 Å². The molecule has 0 aliphatic carbocycles. The van der Waals surface area contributed by atoms with Crippen molar-refractivity contribution in [2.45, 2.75) is 40.0 Å². The number of pyridine rings is 1. The highest BCUT2D eigenvalue weighted by molar-refractivity contribution is 6.48. The number of ether oxygens (including phenoxy) is 1. The third-order valence-corrected chi connectivity index (χ3v) is 3.35. The molecule has 0 N–H and O–H groups in total. The molecule has 19 heavy (non-hydrogen) atoms. The number of aromatic nitrogens is 1. The van der Waals surface area contributed by atoms with Crippen LogP contribution in [0.4, 0.5) is 0 Å². The number of rotatable bonds is 5. The number of aldehydes is 1. The van der Waals surface area contributed by atoms with Crippen LogP contribution >= 0.6 is 0 Å².